The summed E-state index contributed by atoms with van der Waals surface area (Å²) in [6.45, 7) is 1.50. The highest BCUT2D eigenvalue weighted by Crippen LogP contribution is 2.18. The molecule has 2 N–H and O–H groups in total. The summed E-state index contributed by atoms with van der Waals surface area (Å²) in [5, 5.41) is 19.1. The molecule has 0 aromatic carbocycles. The minimum Gasteiger partial charge on any atom is -0.390 e. The van der Waals surface area contributed by atoms with Gasteiger partial charge in [-0.05, 0) is 25.5 Å². The van der Waals surface area contributed by atoms with Gasteiger partial charge in [0.05, 0.1) is 17.5 Å². The van der Waals surface area contributed by atoms with Gasteiger partial charge in [-0.25, -0.2) is 4.39 Å². The number of hydrogen-bond acceptors (Lipinski definition) is 3. The van der Waals surface area contributed by atoms with Gasteiger partial charge in [-0.3, -0.25) is 4.98 Å². The minimum atomic E-state index is -1.12. The number of aryl methyl sites for hydroxylation is 1. The Kier molecular flexibility index (Phi) is 4.45. The Morgan fingerprint density at radius 2 is 2.13 bits per heavy atom. The average molecular weight is 234 g/mol. The van der Waals surface area contributed by atoms with Gasteiger partial charge in [-0.1, -0.05) is 0 Å². The van der Waals surface area contributed by atoms with Crippen LogP contribution in [0.25, 0.3) is 0 Å². The zero-order valence-corrected chi connectivity index (χ0v) is 9.08. The summed E-state index contributed by atoms with van der Waals surface area (Å²) in [5.41, 5.74) is 0.455. The highest BCUT2D eigenvalue weighted by atomic mass is 35.5. The molecule has 0 aliphatic rings. The fraction of sp³-hybridized carbons (Fsp3) is 0.500. The molecule has 0 saturated heterocycles. The van der Waals surface area contributed by atoms with Gasteiger partial charge in [0.15, 0.2) is 0 Å². The molecular formula is C10H13ClFNO2. The van der Waals surface area contributed by atoms with Crippen LogP contribution in [0.4, 0.5) is 4.39 Å². The van der Waals surface area contributed by atoms with Crippen LogP contribution in [-0.2, 0) is 0 Å². The van der Waals surface area contributed by atoms with E-state index in [1.165, 1.54) is 19.1 Å². The lowest BCUT2D eigenvalue weighted by Gasteiger charge is -2.16. The Labute approximate surface area is 92.5 Å². The minimum absolute atomic E-state index is 0.199. The van der Waals surface area contributed by atoms with Crippen LogP contribution in [0.15, 0.2) is 12.1 Å². The molecule has 0 radical (unpaired) electrons. The first kappa shape index (κ1) is 12.4. The fourth-order valence-corrected chi connectivity index (χ4v) is 1.42. The summed E-state index contributed by atoms with van der Waals surface area (Å²) >= 11 is 5.43. The standard InChI is InChI=1S/C10H13ClFNO2/c1-6-7(12)2-3-8(13-6)10(15)9(14)4-5-11/h2-3,9-10,14-15H,4-5H2,1H3. The number of hydrogen-bond donors (Lipinski definition) is 2. The van der Waals surface area contributed by atoms with E-state index in [4.69, 9.17) is 11.6 Å². The van der Waals surface area contributed by atoms with E-state index in [1.807, 2.05) is 0 Å². The molecule has 0 spiro atoms. The molecule has 1 aromatic heterocycles. The van der Waals surface area contributed by atoms with E-state index >= 15 is 0 Å². The van der Waals surface area contributed by atoms with E-state index in [0.717, 1.165) is 0 Å². The molecule has 2 unspecified atom stereocenters. The van der Waals surface area contributed by atoms with Crippen molar-refractivity contribution in [3.05, 3.63) is 29.3 Å². The Bertz CT molecular complexity index is 335. The van der Waals surface area contributed by atoms with Crippen molar-refractivity contribution in [1.82, 2.24) is 4.98 Å². The lowest BCUT2D eigenvalue weighted by atomic mass is 10.1. The van der Waals surface area contributed by atoms with Gasteiger partial charge in [0.1, 0.15) is 11.9 Å². The molecule has 0 fully saturated rings. The third kappa shape index (κ3) is 3.12. The first-order valence-electron chi connectivity index (χ1n) is 4.61. The molecule has 0 aliphatic heterocycles. The summed E-state index contributed by atoms with van der Waals surface area (Å²) in [6, 6.07) is 2.57. The van der Waals surface area contributed by atoms with E-state index in [-0.39, 0.29) is 23.7 Å². The van der Waals surface area contributed by atoms with Crippen molar-refractivity contribution >= 4 is 11.6 Å². The molecule has 0 amide bonds. The third-order valence-electron chi connectivity index (χ3n) is 2.12. The van der Waals surface area contributed by atoms with Crippen LogP contribution in [0.1, 0.15) is 23.9 Å². The maximum atomic E-state index is 12.9. The SMILES string of the molecule is Cc1nc(C(O)C(O)CCCl)ccc1F. The summed E-state index contributed by atoms with van der Waals surface area (Å²) in [7, 11) is 0. The zero-order chi connectivity index (χ0) is 11.4. The van der Waals surface area contributed by atoms with Crippen molar-refractivity contribution in [2.45, 2.75) is 25.6 Å². The summed E-state index contributed by atoms with van der Waals surface area (Å²) < 4.78 is 12.9. The number of aliphatic hydroxyl groups is 2. The number of rotatable bonds is 4. The van der Waals surface area contributed by atoms with Crippen molar-refractivity contribution in [1.29, 1.82) is 0 Å². The molecule has 15 heavy (non-hydrogen) atoms. The second kappa shape index (κ2) is 5.39. The molecule has 1 aromatic rings. The first-order chi connectivity index (χ1) is 7.06. The Balaban J connectivity index is 2.81. The van der Waals surface area contributed by atoms with Crippen LogP contribution in [-0.4, -0.2) is 27.2 Å². The van der Waals surface area contributed by atoms with Gasteiger partial charge in [0.25, 0.3) is 0 Å². The van der Waals surface area contributed by atoms with Gasteiger partial charge in [0.2, 0.25) is 0 Å². The topological polar surface area (TPSA) is 53.4 Å². The number of aromatic nitrogens is 1. The van der Waals surface area contributed by atoms with Crippen LogP contribution < -0.4 is 0 Å². The highest BCUT2D eigenvalue weighted by molar-refractivity contribution is 6.17. The summed E-state index contributed by atoms with van der Waals surface area (Å²) in [5.74, 6) is -0.184. The van der Waals surface area contributed by atoms with E-state index in [0.29, 0.717) is 0 Å². The predicted molar refractivity (Wildman–Crippen MR) is 55.2 cm³/mol. The van der Waals surface area contributed by atoms with E-state index in [2.05, 4.69) is 4.98 Å². The molecule has 1 heterocycles. The largest absolute Gasteiger partial charge is 0.390 e. The number of pyridine rings is 1. The molecule has 84 valence electrons. The highest BCUT2D eigenvalue weighted by Gasteiger charge is 2.19. The average Bonchev–Trinajstić information content (AvgIpc) is 2.21. The van der Waals surface area contributed by atoms with Crippen LogP contribution in [0.5, 0.6) is 0 Å². The number of halogens is 2. The Hall–Kier alpha value is -0.710. The second-order valence-corrected chi connectivity index (χ2v) is 3.67. The van der Waals surface area contributed by atoms with Gasteiger partial charge in [-0.15, -0.1) is 11.6 Å². The Morgan fingerprint density at radius 3 is 2.67 bits per heavy atom. The van der Waals surface area contributed by atoms with Gasteiger partial charge in [0, 0.05) is 5.88 Å². The molecule has 0 aliphatic carbocycles. The van der Waals surface area contributed by atoms with E-state index < -0.39 is 18.0 Å². The van der Waals surface area contributed by atoms with E-state index in [1.54, 1.807) is 0 Å². The van der Waals surface area contributed by atoms with Crippen LogP contribution >= 0.6 is 11.6 Å². The zero-order valence-electron chi connectivity index (χ0n) is 8.32. The van der Waals surface area contributed by atoms with Crippen molar-refractivity contribution in [3.8, 4) is 0 Å². The molecule has 0 saturated carbocycles. The Morgan fingerprint density at radius 1 is 1.47 bits per heavy atom. The summed E-state index contributed by atoms with van der Waals surface area (Å²) in [6.07, 6.45) is -1.83. The molecule has 2 atom stereocenters. The van der Waals surface area contributed by atoms with Crippen molar-refractivity contribution < 1.29 is 14.6 Å². The third-order valence-corrected chi connectivity index (χ3v) is 2.33. The predicted octanol–water partition coefficient (Wildman–Crippen LogP) is 1.55. The van der Waals surface area contributed by atoms with Crippen LogP contribution in [0.2, 0.25) is 0 Å². The monoisotopic (exact) mass is 233 g/mol. The number of alkyl halides is 1. The maximum Gasteiger partial charge on any atom is 0.144 e. The van der Waals surface area contributed by atoms with E-state index in [9.17, 15) is 14.6 Å². The fourth-order valence-electron chi connectivity index (χ4n) is 1.19. The van der Waals surface area contributed by atoms with Crippen LogP contribution in [0, 0.1) is 12.7 Å². The quantitative estimate of drug-likeness (QED) is 0.776. The molecular weight excluding hydrogens is 221 g/mol. The van der Waals surface area contributed by atoms with Crippen molar-refractivity contribution in [2.75, 3.05) is 5.88 Å². The lowest BCUT2D eigenvalue weighted by Crippen LogP contribution is -2.20. The van der Waals surface area contributed by atoms with Gasteiger partial charge < -0.3 is 10.2 Å². The first-order valence-corrected chi connectivity index (χ1v) is 5.15. The molecule has 3 nitrogen and oxygen atoms in total. The lowest BCUT2D eigenvalue weighted by molar-refractivity contribution is 0.0143. The molecule has 0 bridgehead atoms. The number of nitrogens with zero attached hydrogens (tertiary/aromatic N) is 1. The number of aliphatic hydroxyl groups excluding tert-OH is 2. The van der Waals surface area contributed by atoms with Crippen molar-refractivity contribution in [2.24, 2.45) is 0 Å². The molecule has 5 heteroatoms. The van der Waals surface area contributed by atoms with Crippen LogP contribution in [0.3, 0.4) is 0 Å². The maximum absolute atomic E-state index is 12.9. The molecule has 1 rings (SSSR count). The summed E-state index contributed by atoms with van der Waals surface area (Å²) in [4.78, 5) is 3.85. The normalized spacial score (nSPS) is 15.0. The smallest absolute Gasteiger partial charge is 0.144 e. The van der Waals surface area contributed by atoms with Crippen molar-refractivity contribution in [3.63, 3.8) is 0 Å². The van der Waals surface area contributed by atoms with Gasteiger partial charge >= 0.3 is 0 Å². The second-order valence-electron chi connectivity index (χ2n) is 3.29. The van der Waals surface area contributed by atoms with Gasteiger partial charge in [-0.2, -0.15) is 0 Å².